The molecule has 0 atom stereocenters. The quantitative estimate of drug-likeness (QED) is 0.778. The Morgan fingerprint density at radius 1 is 1.47 bits per heavy atom. The van der Waals surface area contributed by atoms with Crippen molar-refractivity contribution in [1.29, 1.82) is 0 Å². The Labute approximate surface area is 121 Å². The second-order valence-electron chi connectivity index (χ2n) is 4.18. The topological polar surface area (TPSA) is 56.7 Å². The van der Waals surface area contributed by atoms with Gasteiger partial charge in [-0.05, 0) is 28.9 Å². The maximum Gasteiger partial charge on any atom is 0.201 e. The van der Waals surface area contributed by atoms with Crippen LogP contribution in [0.4, 0.5) is 10.3 Å². The highest BCUT2D eigenvalue weighted by atomic mass is 79.9. The van der Waals surface area contributed by atoms with Crippen molar-refractivity contribution in [3.8, 4) is 0 Å². The Hall–Kier alpha value is -1.47. The van der Waals surface area contributed by atoms with Crippen molar-refractivity contribution < 1.29 is 4.39 Å². The van der Waals surface area contributed by atoms with Gasteiger partial charge in [-0.15, -0.1) is 11.3 Å². The molecule has 0 aliphatic carbocycles. The van der Waals surface area contributed by atoms with Gasteiger partial charge in [0.15, 0.2) is 0 Å². The van der Waals surface area contributed by atoms with Crippen LogP contribution in [0.15, 0.2) is 22.8 Å². The van der Waals surface area contributed by atoms with E-state index in [1.807, 2.05) is 17.7 Å². The number of anilines is 1. The van der Waals surface area contributed by atoms with Crippen LogP contribution in [0.25, 0.3) is 11.0 Å². The monoisotopic (exact) mass is 340 g/mol. The van der Waals surface area contributed by atoms with Gasteiger partial charge in [-0.3, -0.25) is 0 Å². The number of nitrogen functional groups attached to an aromatic ring is 1. The van der Waals surface area contributed by atoms with E-state index in [-0.39, 0.29) is 5.82 Å². The van der Waals surface area contributed by atoms with Gasteiger partial charge in [0, 0.05) is 17.1 Å². The molecule has 3 rings (SSSR count). The van der Waals surface area contributed by atoms with Crippen LogP contribution in [0.5, 0.6) is 0 Å². The van der Waals surface area contributed by atoms with Crippen molar-refractivity contribution >= 4 is 44.2 Å². The first kappa shape index (κ1) is 12.6. The molecule has 0 aliphatic rings. The van der Waals surface area contributed by atoms with Crippen molar-refractivity contribution in [3.05, 3.63) is 38.5 Å². The minimum absolute atomic E-state index is 0.345. The van der Waals surface area contributed by atoms with E-state index >= 15 is 0 Å². The standard InChI is InChI=1S/C12H10BrFN4S/c1-6-4-16-11(19-6)5-18-10-2-7(13)8(14)3-9(10)17-12(18)15/h2-4H,5H2,1H3,(H2,15,17). The van der Waals surface area contributed by atoms with Gasteiger partial charge >= 0.3 is 0 Å². The van der Waals surface area contributed by atoms with Crippen molar-refractivity contribution in [2.75, 3.05) is 5.73 Å². The average Bonchev–Trinajstić information content (AvgIpc) is 2.87. The zero-order chi connectivity index (χ0) is 13.6. The molecule has 0 amide bonds. The summed E-state index contributed by atoms with van der Waals surface area (Å²) in [5, 5.41) is 0.948. The summed E-state index contributed by atoms with van der Waals surface area (Å²) >= 11 is 4.79. The number of nitrogens with zero attached hydrogens (tertiary/aromatic N) is 3. The molecule has 2 heterocycles. The normalized spacial score (nSPS) is 11.3. The first-order valence-electron chi connectivity index (χ1n) is 5.56. The third-order valence-corrected chi connectivity index (χ3v) is 4.29. The van der Waals surface area contributed by atoms with Gasteiger partial charge in [0.2, 0.25) is 5.95 Å². The van der Waals surface area contributed by atoms with E-state index in [2.05, 4.69) is 25.9 Å². The van der Waals surface area contributed by atoms with Gasteiger partial charge in [-0.25, -0.2) is 14.4 Å². The summed E-state index contributed by atoms with van der Waals surface area (Å²) in [5.74, 6) is 0.0163. The van der Waals surface area contributed by atoms with Crippen LogP contribution < -0.4 is 5.73 Å². The number of nitrogens with two attached hydrogens (primary N) is 1. The van der Waals surface area contributed by atoms with E-state index in [1.165, 1.54) is 6.07 Å². The number of thiazole rings is 1. The van der Waals surface area contributed by atoms with Crippen molar-refractivity contribution in [2.24, 2.45) is 0 Å². The Balaban J connectivity index is 2.12. The highest BCUT2D eigenvalue weighted by Crippen LogP contribution is 2.26. The number of hydrogen-bond acceptors (Lipinski definition) is 4. The lowest BCUT2D eigenvalue weighted by atomic mass is 10.3. The fourth-order valence-electron chi connectivity index (χ4n) is 1.91. The highest BCUT2D eigenvalue weighted by Gasteiger charge is 2.13. The molecule has 98 valence electrons. The Kier molecular flexibility index (Phi) is 3.02. The molecular weight excluding hydrogens is 331 g/mol. The Morgan fingerprint density at radius 3 is 2.95 bits per heavy atom. The van der Waals surface area contributed by atoms with E-state index in [1.54, 1.807) is 17.4 Å². The third kappa shape index (κ3) is 2.23. The van der Waals surface area contributed by atoms with Gasteiger partial charge in [-0.2, -0.15) is 0 Å². The van der Waals surface area contributed by atoms with Gasteiger partial charge in [0.25, 0.3) is 0 Å². The minimum Gasteiger partial charge on any atom is -0.369 e. The smallest absolute Gasteiger partial charge is 0.201 e. The number of hydrogen-bond donors (Lipinski definition) is 1. The van der Waals surface area contributed by atoms with Crippen molar-refractivity contribution in [3.63, 3.8) is 0 Å². The number of benzene rings is 1. The second kappa shape index (κ2) is 4.57. The number of halogens is 2. The molecule has 7 heteroatoms. The van der Waals surface area contributed by atoms with Gasteiger partial charge in [0.05, 0.1) is 22.1 Å². The molecule has 4 nitrogen and oxygen atoms in total. The molecule has 2 aromatic heterocycles. The fourth-order valence-corrected chi connectivity index (χ4v) is 3.02. The zero-order valence-electron chi connectivity index (χ0n) is 10.0. The van der Waals surface area contributed by atoms with Gasteiger partial charge in [-0.1, -0.05) is 0 Å². The molecule has 0 radical (unpaired) electrons. The number of fused-ring (bicyclic) bond motifs is 1. The van der Waals surface area contributed by atoms with Crippen LogP contribution in [0.2, 0.25) is 0 Å². The first-order chi connectivity index (χ1) is 9.04. The summed E-state index contributed by atoms with van der Waals surface area (Å²) in [7, 11) is 0. The highest BCUT2D eigenvalue weighted by molar-refractivity contribution is 9.10. The molecular formula is C12H10BrFN4S. The lowest BCUT2D eigenvalue weighted by Gasteiger charge is -2.04. The van der Waals surface area contributed by atoms with Gasteiger partial charge in [0.1, 0.15) is 10.8 Å². The third-order valence-electron chi connectivity index (χ3n) is 2.78. The summed E-state index contributed by atoms with van der Waals surface area (Å²) < 4.78 is 15.7. The number of aromatic nitrogens is 3. The van der Waals surface area contributed by atoms with Crippen molar-refractivity contribution in [1.82, 2.24) is 14.5 Å². The molecule has 0 spiro atoms. The average molecular weight is 341 g/mol. The molecule has 2 N–H and O–H groups in total. The Bertz CT molecular complexity index is 765. The van der Waals surface area contributed by atoms with E-state index in [9.17, 15) is 4.39 Å². The maximum absolute atomic E-state index is 13.5. The zero-order valence-corrected chi connectivity index (χ0v) is 12.4. The molecule has 0 saturated heterocycles. The first-order valence-corrected chi connectivity index (χ1v) is 7.17. The van der Waals surface area contributed by atoms with Crippen LogP contribution >= 0.6 is 27.3 Å². The second-order valence-corrected chi connectivity index (χ2v) is 6.35. The van der Waals surface area contributed by atoms with Crippen LogP contribution in [0, 0.1) is 12.7 Å². The predicted octanol–water partition coefficient (Wildman–Crippen LogP) is 3.33. The lowest BCUT2D eigenvalue weighted by molar-refractivity contribution is 0.622. The molecule has 3 aromatic rings. The summed E-state index contributed by atoms with van der Waals surface area (Å²) in [6.45, 7) is 2.54. The van der Waals surface area contributed by atoms with Crippen LogP contribution in [0.3, 0.4) is 0 Å². The van der Waals surface area contributed by atoms with E-state index in [0.717, 1.165) is 15.4 Å². The molecule has 0 unspecified atom stereocenters. The fraction of sp³-hybridized carbons (Fsp3) is 0.167. The summed E-state index contributed by atoms with van der Waals surface area (Å²) in [5.41, 5.74) is 7.24. The minimum atomic E-state index is -0.345. The molecule has 19 heavy (non-hydrogen) atoms. The van der Waals surface area contributed by atoms with Crippen LogP contribution in [-0.2, 0) is 6.54 Å². The maximum atomic E-state index is 13.5. The number of aryl methyl sites for hydroxylation is 1. The van der Waals surface area contributed by atoms with Crippen LogP contribution in [-0.4, -0.2) is 14.5 Å². The SMILES string of the molecule is Cc1cnc(Cn2c(N)nc3cc(F)c(Br)cc32)s1. The lowest BCUT2D eigenvalue weighted by Crippen LogP contribution is -2.04. The van der Waals surface area contributed by atoms with E-state index in [4.69, 9.17) is 5.73 Å². The summed E-state index contributed by atoms with van der Waals surface area (Å²) in [6, 6.07) is 3.06. The molecule has 0 bridgehead atoms. The predicted molar refractivity (Wildman–Crippen MR) is 77.8 cm³/mol. The molecule has 0 fully saturated rings. The number of rotatable bonds is 2. The van der Waals surface area contributed by atoms with E-state index < -0.39 is 0 Å². The largest absolute Gasteiger partial charge is 0.369 e. The van der Waals surface area contributed by atoms with Crippen LogP contribution in [0.1, 0.15) is 9.88 Å². The molecule has 0 aliphatic heterocycles. The Morgan fingerprint density at radius 2 is 2.26 bits per heavy atom. The van der Waals surface area contributed by atoms with Gasteiger partial charge < -0.3 is 10.3 Å². The van der Waals surface area contributed by atoms with Crippen molar-refractivity contribution in [2.45, 2.75) is 13.5 Å². The summed E-state index contributed by atoms with van der Waals surface area (Å²) in [6.07, 6.45) is 1.82. The molecule has 0 saturated carbocycles. The summed E-state index contributed by atoms with van der Waals surface area (Å²) in [4.78, 5) is 9.63. The van der Waals surface area contributed by atoms with E-state index in [0.29, 0.717) is 22.5 Å². The molecule has 1 aromatic carbocycles. The number of imidazole rings is 1.